The zero-order chi connectivity index (χ0) is 30.9. The summed E-state index contributed by atoms with van der Waals surface area (Å²) in [7, 11) is 5.27. The number of nitrogens with zero attached hydrogens (tertiary/aromatic N) is 5. The first-order valence-corrected chi connectivity index (χ1v) is 15.1. The number of hydrogen-bond acceptors (Lipinski definition) is 8. The predicted molar refractivity (Wildman–Crippen MR) is 169 cm³/mol. The number of aryl methyl sites for hydroxylation is 1. The van der Waals surface area contributed by atoms with Gasteiger partial charge in [-0.3, -0.25) is 14.3 Å². The van der Waals surface area contributed by atoms with Crippen LogP contribution in [0.2, 0.25) is 0 Å². The molecule has 0 unspecified atom stereocenters. The van der Waals surface area contributed by atoms with Crippen LogP contribution in [0.5, 0.6) is 0 Å². The van der Waals surface area contributed by atoms with E-state index in [4.69, 9.17) is 4.74 Å². The average Bonchev–Trinajstić information content (AvgIpc) is 3.59. The molecule has 2 aromatic heterocycles. The molecule has 0 aliphatic heterocycles. The number of methoxy groups -OCH3 is 1. The molecule has 0 spiro atoms. The van der Waals surface area contributed by atoms with Gasteiger partial charge in [0.2, 0.25) is 0 Å². The molecule has 2 heterocycles. The van der Waals surface area contributed by atoms with Crippen molar-refractivity contribution < 1.29 is 19.4 Å². The first-order valence-electron chi connectivity index (χ1n) is 14.2. The van der Waals surface area contributed by atoms with Crippen LogP contribution in [0.25, 0.3) is 0 Å². The highest BCUT2D eigenvalue weighted by Crippen LogP contribution is 2.20. The lowest BCUT2D eigenvalue weighted by atomic mass is 9.99. The Morgan fingerprint density at radius 1 is 1.09 bits per heavy atom. The lowest BCUT2D eigenvalue weighted by molar-refractivity contribution is 0.0784. The van der Waals surface area contributed by atoms with Crippen molar-refractivity contribution in [1.82, 2.24) is 25.0 Å². The molecule has 0 saturated carbocycles. The second kappa shape index (κ2) is 14.9. The number of likely N-dealkylation sites (N-methyl/N-ethyl adjacent to an activating group) is 1. The van der Waals surface area contributed by atoms with Gasteiger partial charge in [-0.25, -0.2) is 4.98 Å². The quantitative estimate of drug-likeness (QED) is 0.226. The summed E-state index contributed by atoms with van der Waals surface area (Å²) in [4.78, 5) is 34.6. The van der Waals surface area contributed by atoms with Crippen molar-refractivity contribution in [2.75, 3.05) is 39.3 Å². The lowest BCUT2D eigenvalue weighted by Crippen LogP contribution is -2.49. The number of anilines is 1. The fourth-order valence-corrected chi connectivity index (χ4v) is 5.71. The van der Waals surface area contributed by atoms with Gasteiger partial charge in [-0.15, -0.1) is 11.3 Å². The zero-order valence-corrected chi connectivity index (χ0v) is 26.2. The topological polar surface area (TPSA) is 113 Å². The van der Waals surface area contributed by atoms with Crippen molar-refractivity contribution in [3.63, 3.8) is 0 Å². The maximum Gasteiger partial charge on any atom is 0.253 e. The molecule has 0 radical (unpaired) electrons. The Bertz CT molecular complexity index is 1500. The van der Waals surface area contributed by atoms with Gasteiger partial charge in [-0.1, -0.05) is 36.4 Å². The van der Waals surface area contributed by atoms with Crippen molar-refractivity contribution in [2.24, 2.45) is 0 Å². The standard InChI is InChI=1S/C32H40N6O4S/c1-22-21-43-30(34-22)20-37(4)32(41)26-13-9-12-25(17-26)31(40)35-27(16-24-10-7-6-8-11-24)29(39)19-36(3)28-18-33-38(23(28)2)14-15-42-5/h6-13,17-18,21,27,29,39H,14-16,19-20H2,1-5H3,(H,35,40)/t27-,29+/m0/s1. The molecule has 43 heavy (non-hydrogen) atoms. The van der Waals surface area contributed by atoms with Crippen LogP contribution in [0, 0.1) is 13.8 Å². The van der Waals surface area contributed by atoms with Gasteiger partial charge >= 0.3 is 0 Å². The number of nitrogens with one attached hydrogen (secondary N) is 1. The van der Waals surface area contributed by atoms with Crippen molar-refractivity contribution in [3.05, 3.63) is 99.3 Å². The van der Waals surface area contributed by atoms with Gasteiger partial charge in [0.05, 0.1) is 49.4 Å². The fourth-order valence-electron chi connectivity index (χ4n) is 4.89. The van der Waals surface area contributed by atoms with E-state index in [-0.39, 0.29) is 18.4 Å². The summed E-state index contributed by atoms with van der Waals surface area (Å²) in [5.41, 5.74) is 4.52. The molecule has 4 rings (SSSR count). The third kappa shape index (κ3) is 8.50. The van der Waals surface area contributed by atoms with Gasteiger partial charge in [-0.05, 0) is 44.0 Å². The largest absolute Gasteiger partial charge is 0.389 e. The van der Waals surface area contributed by atoms with E-state index in [0.29, 0.717) is 37.2 Å². The van der Waals surface area contributed by atoms with E-state index < -0.39 is 12.1 Å². The first-order chi connectivity index (χ1) is 20.7. The van der Waals surface area contributed by atoms with Crippen molar-refractivity contribution >= 4 is 28.8 Å². The minimum atomic E-state index is -0.895. The maximum absolute atomic E-state index is 13.5. The van der Waals surface area contributed by atoms with Gasteiger partial charge in [0.15, 0.2) is 0 Å². The van der Waals surface area contributed by atoms with Gasteiger partial charge in [0, 0.05) is 50.0 Å². The van der Waals surface area contributed by atoms with Crippen LogP contribution in [0.3, 0.4) is 0 Å². The Balaban J connectivity index is 1.48. The summed E-state index contributed by atoms with van der Waals surface area (Å²) in [5.74, 6) is -0.564. The molecule has 0 aliphatic carbocycles. The van der Waals surface area contributed by atoms with Gasteiger partial charge in [0.25, 0.3) is 11.8 Å². The monoisotopic (exact) mass is 604 g/mol. The molecular weight excluding hydrogens is 564 g/mol. The number of carbonyl (C=O) groups excluding carboxylic acids is 2. The average molecular weight is 605 g/mol. The van der Waals surface area contributed by atoms with E-state index >= 15 is 0 Å². The lowest BCUT2D eigenvalue weighted by Gasteiger charge is -2.29. The number of benzene rings is 2. The number of rotatable bonds is 14. The Morgan fingerprint density at radius 2 is 1.84 bits per heavy atom. The number of amides is 2. The fraction of sp³-hybridized carbons (Fsp3) is 0.375. The summed E-state index contributed by atoms with van der Waals surface area (Å²) in [5, 5.41) is 21.7. The van der Waals surface area contributed by atoms with Crippen LogP contribution in [0.1, 0.15) is 42.7 Å². The second-order valence-corrected chi connectivity index (χ2v) is 11.6. The third-order valence-corrected chi connectivity index (χ3v) is 8.24. The second-order valence-electron chi connectivity index (χ2n) is 10.7. The normalized spacial score (nSPS) is 12.5. The van der Waals surface area contributed by atoms with Gasteiger partial charge in [0.1, 0.15) is 5.01 Å². The molecule has 0 bridgehead atoms. The molecule has 228 valence electrons. The highest BCUT2D eigenvalue weighted by molar-refractivity contribution is 7.09. The van der Waals surface area contributed by atoms with Crippen LogP contribution >= 0.6 is 11.3 Å². The molecule has 4 aromatic rings. The minimum Gasteiger partial charge on any atom is -0.389 e. The minimum absolute atomic E-state index is 0.202. The number of hydrogen-bond donors (Lipinski definition) is 2. The number of ether oxygens (including phenoxy) is 1. The molecule has 2 N–H and O–H groups in total. The molecule has 2 aromatic carbocycles. The number of aliphatic hydroxyl groups excluding tert-OH is 1. The highest BCUT2D eigenvalue weighted by atomic mass is 32.1. The summed E-state index contributed by atoms with van der Waals surface area (Å²) >= 11 is 1.51. The summed E-state index contributed by atoms with van der Waals surface area (Å²) in [6, 6.07) is 15.8. The first kappa shape index (κ1) is 31.9. The van der Waals surface area contributed by atoms with E-state index in [0.717, 1.165) is 27.6 Å². The number of aliphatic hydroxyl groups is 1. The molecule has 11 heteroatoms. The number of aromatic nitrogens is 3. The molecule has 2 amide bonds. The molecule has 0 fully saturated rings. The molecule has 10 nitrogen and oxygen atoms in total. The third-order valence-electron chi connectivity index (χ3n) is 7.29. The summed E-state index contributed by atoms with van der Waals surface area (Å²) in [6.07, 6.45) is 1.31. The van der Waals surface area contributed by atoms with E-state index in [9.17, 15) is 14.7 Å². The van der Waals surface area contributed by atoms with Crippen LogP contribution in [-0.4, -0.2) is 83.1 Å². The Morgan fingerprint density at radius 3 is 2.53 bits per heavy atom. The van der Waals surface area contributed by atoms with Crippen LogP contribution < -0.4 is 10.2 Å². The van der Waals surface area contributed by atoms with Crippen molar-refractivity contribution in [1.29, 1.82) is 0 Å². The SMILES string of the molecule is COCCn1ncc(N(C)C[C@@H](O)[C@H](Cc2ccccc2)NC(=O)c2cccc(C(=O)N(C)Cc3nc(C)cs3)c2)c1C. The Labute approximate surface area is 256 Å². The number of carbonyl (C=O) groups is 2. The van der Waals surface area contributed by atoms with Crippen LogP contribution in [-0.2, 0) is 24.2 Å². The molecular formula is C32H40N6O4S. The molecule has 2 atom stereocenters. The van der Waals surface area contributed by atoms with E-state index in [1.807, 2.05) is 66.2 Å². The van der Waals surface area contributed by atoms with Gasteiger partial charge in [-0.2, -0.15) is 5.10 Å². The van der Waals surface area contributed by atoms with Gasteiger partial charge < -0.3 is 25.0 Å². The predicted octanol–water partition coefficient (Wildman–Crippen LogP) is 3.71. The van der Waals surface area contributed by atoms with E-state index in [1.165, 1.54) is 11.3 Å². The van der Waals surface area contributed by atoms with E-state index in [1.54, 1.807) is 49.5 Å². The van der Waals surface area contributed by atoms with Crippen molar-refractivity contribution in [2.45, 2.75) is 45.5 Å². The van der Waals surface area contributed by atoms with Crippen molar-refractivity contribution in [3.8, 4) is 0 Å². The summed E-state index contributed by atoms with van der Waals surface area (Å²) < 4.78 is 7.05. The molecule has 0 saturated heterocycles. The maximum atomic E-state index is 13.5. The van der Waals surface area contributed by atoms with Crippen LogP contribution in [0.4, 0.5) is 5.69 Å². The highest BCUT2D eigenvalue weighted by Gasteiger charge is 2.25. The smallest absolute Gasteiger partial charge is 0.253 e. The summed E-state index contributed by atoms with van der Waals surface area (Å²) in [6.45, 7) is 5.74. The Hall–Kier alpha value is -4.06. The van der Waals surface area contributed by atoms with Crippen LogP contribution in [0.15, 0.2) is 66.2 Å². The Kier molecular flexibility index (Phi) is 11.0. The molecule has 0 aliphatic rings. The van der Waals surface area contributed by atoms with E-state index in [2.05, 4.69) is 15.4 Å². The number of thiazole rings is 1. The zero-order valence-electron chi connectivity index (χ0n) is 25.4.